The van der Waals surface area contributed by atoms with E-state index in [0.717, 1.165) is 0 Å². The van der Waals surface area contributed by atoms with Gasteiger partial charge in [-0.05, 0) is 27.6 Å². The molecule has 0 aliphatic rings. The predicted octanol–water partition coefficient (Wildman–Crippen LogP) is 1.90. The number of hydrogen-bond acceptors (Lipinski definition) is 2. The lowest BCUT2D eigenvalue weighted by Crippen LogP contribution is -2.23. The van der Waals surface area contributed by atoms with Crippen molar-refractivity contribution in [3.8, 4) is 0 Å². The molecule has 0 aromatic carbocycles. The minimum Gasteiger partial charge on any atom is -0.457 e. The molecule has 0 aliphatic carbocycles. The topological polar surface area (TPSA) is 26.3 Å². The normalized spacial score (nSPS) is 18.9. The third kappa shape index (κ3) is 4.13. The maximum atomic E-state index is 11.4. The molecule has 0 aromatic rings. The van der Waals surface area contributed by atoms with Gasteiger partial charge in [-0.25, -0.2) is 4.79 Å². The van der Waals surface area contributed by atoms with Crippen LogP contribution >= 0.6 is 0 Å². The summed E-state index contributed by atoms with van der Waals surface area (Å²) < 4.78 is 39.6. The van der Waals surface area contributed by atoms with Crippen LogP contribution in [0.15, 0.2) is 12.1 Å². The Balaban J connectivity index is 5.02. The molecular weight excluding hydrogens is 128 g/mol. The van der Waals surface area contributed by atoms with Gasteiger partial charge < -0.3 is 4.74 Å². The van der Waals surface area contributed by atoms with Crippen molar-refractivity contribution < 1.29 is 16.4 Å². The summed E-state index contributed by atoms with van der Waals surface area (Å²) in [4.78, 5) is 11.4. The summed E-state index contributed by atoms with van der Waals surface area (Å²) in [6.45, 7) is 0.909. The van der Waals surface area contributed by atoms with Crippen molar-refractivity contribution in [3.63, 3.8) is 0 Å². The fourth-order valence-electron chi connectivity index (χ4n) is 0.329. The number of ether oxygens (including phenoxy) is 1. The van der Waals surface area contributed by atoms with Crippen LogP contribution in [-0.4, -0.2) is 11.6 Å². The van der Waals surface area contributed by atoms with Crippen LogP contribution in [0.3, 0.4) is 0 Å². The fourth-order valence-corrected chi connectivity index (χ4v) is 0.329. The molecule has 2 nitrogen and oxygen atoms in total. The van der Waals surface area contributed by atoms with Crippen molar-refractivity contribution >= 4 is 5.97 Å². The maximum Gasteiger partial charge on any atom is 0.333 e. The number of rotatable bonds is 1. The van der Waals surface area contributed by atoms with Crippen molar-refractivity contribution in [2.24, 2.45) is 0 Å². The van der Waals surface area contributed by atoms with Crippen LogP contribution in [0.25, 0.3) is 0 Å². The Bertz CT molecular complexity index is 280. The summed E-state index contributed by atoms with van der Waals surface area (Å²) in [7, 11) is 0. The van der Waals surface area contributed by atoms with Gasteiger partial charge in [0.05, 0.1) is 2.74 Å². The van der Waals surface area contributed by atoms with E-state index < -0.39 is 30.5 Å². The van der Waals surface area contributed by atoms with E-state index in [1.807, 2.05) is 0 Å². The van der Waals surface area contributed by atoms with E-state index in [9.17, 15) is 4.79 Å². The molecule has 0 N–H and O–H groups in total. The van der Waals surface area contributed by atoms with Gasteiger partial charge in [-0.15, -0.1) is 0 Å². The number of carbonyl (C=O) groups is 1. The first-order valence-corrected chi connectivity index (χ1v) is 2.86. The monoisotopic (exact) mass is 147 g/mol. The van der Waals surface area contributed by atoms with E-state index in [1.54, 1.807) is 20.8 Å². The van der Waals surface area contributed by atoms with Crippen LogP contribution in [0.4, 0.5) is 0 Å². The largest absolute Gasteiger partial charge is 0.457 e. The maximum absolute atomic E-state index is 11.4. The van der Waals surface area contributed by atoms with Crippen LogP contribution in [0.2, 0.25) is 0 Å². The smallest absolute Gasteiger partial charge is 0.333 e. The summed E-state index contributed by atoms with van der Waals surface area (Å²) in [5, 5.41) is 0. The highest BCUT2D eigenvalue weighted by molar-refractivity contribution is 5.87. The molecule has 0 amide bonds. The average molecular weight is 147 g/mol. The Morgan fingerprint density at radius 3 is 2.60 bits per heavy atom. The van der Waals surface area contributed by atoms with Gasteiger partial charge in [0.1, 0.15) is 5.60 Å². The van der Waals surface area contributed by atoms with Crippen molar-refractivity contribution in [3.05, 3.63) is 12.1 Å². The van der Waals surface area contributed by atoms with Gasteiger partial charge in [-0.2, -0.15) is 0 Å². The second kappa shape index (κ2) is 2.86. The molecule has 0 atom stereocenters. The Hall–Kier alpha value is -0.790. The second-order valence-corrected chi connectivity index (χ2v) is 2.88. The summed E-state index contributed by atoms with van der Waals surface area (Å²) in [5.74, 6) is -1.14. The van der Waals surface area contributed by atoms with Gasteiger partial charge in [0.25, 0.3) is 0 Å². The Kier molecular flexibility index (Phi) is 1.02. The second-order valence-electron chi connectivity index (χ2n) is 2.88. The van der Waals surface area contributed by atoms with Gasteiger partial charge in [0.2, 0.25) is 0 Å². The molecule has 0 aromatic heterocycles. The molecule has 0 aliphatic heterocycles. The van der Waals surface area contributed by atoms with E-state index in [4.69, 9.17) is 11.6 Å². The molecule has 0 saturated heterocycles. The molecule has 0 fully saturated rings. The average Bonchev–Trinajstić information content (AvgIpc) is 1.74. The molecule has 0 heterocycles. The molecule has 58 valence electrons. The van der Waals surface area contributed by atoms with Gasteiger partial charge in [0, 0.05) is 9.69 Å². The Labute approximate surface area is 68.9 Å². The SMILES string of the molecule is [2H]C([2H])=C(C(=O)OC(C)(C)C)C([2H])([2H])[2H]. The molecule has 0 saturated carbocycles. The lowest BCUT2D eigenvalue weighted by Gasteiger charge is -2.19. The first kappa shape index (κ1) is 3.56. The zero-order valence-corrected chi connectivity index (χ0v) is 6.32. The molecule has 10 heavy (non-hydrogen) atoms. The van der Waals surface area contributed by atoms with Crippen molar-refractivity contribution in [2.75, 3.05) is 0 Å². The van der Waals surface area contributed by atoms with E-state index in [-0.39, 0.29) is 0 Å². The molecule has 2 heteroatoms. The molecular formula is C8H14O2. The van der Waals surface area contributed by atoms with Gasteiger partial charge in [-0.3, -0.25) is 0 Å². The Morgan fingerprint density at radius 1 is 1.70 bits per heavy atom. The standard InChI is InChI=1S/C8H14O2/c1-6(2)7(9)10-8(3,4)5/h1H2,2-5H3/i1D2,2D3. The number of esters is 1. The number of carbonyl (C=O) groups excluding carboxylic acids is 1. The van der Waals surface area contributed by atoms with Crippen LogP contribution in [-0.2, 0) is 9.53 Å². The highest BCUT2D eigenvalue weighted by Gasteiger charge is 2.15. The van der Waals surface area contributed by atoms with Crippen LogP contribution in [0.1, 0.15) is 34.5 Å². The van der Waals surface area contributed by atoms with Crippen molar-refractivity contribution in [2.45, 2.75) is 33.2 Å². The molecule has 0 radical (unpaired) electrons. The summed E-state index contributed by atoms with van der Waals surface area (Å²) in [6.07, 6.45) is 0. The minimum atomic E-state index is -2.79. The highest BCUT2D eigenvalue weighted by Crippen LogP contribution is 2.09. The van der Waals surface area contributed by atoms with E-state index >= 15 is 0 Å². The predicted molar refractivity (Wildman–Crippen MR) is 40.7 cm³/mol. The first-order valence-electron chi connectivity index (χ1n) is 5.36. The van der Waals surface area contributed by atoms with Crippen LogP contribution < -0.4 is 0 Å². The molecule has 0 bridgehead atoms. The van der Waals surface area contributed by atoms with Crippen LogP contribution in [0, 0.1) is 0 Å². The van der Waals surface area contributed by atoms with E-state index in [1.165, 1.54) is 0 Å². The first-order chi connectivity index (χ1) is 6.45. The summed E-state index contributed by atoms with van der Waals surface area (Å²) in [6, 6.07) is 0. The van der Waals surface area contributed by atoms with Gasteiger partial charge in [0.15, 0.2) is 0 Å². The highest BCUT2D eigenvalue weighted by atomic mass is 16.6. The fraction of sp³-hybridized carbons (Fsp3) is 0.625. The van der Waals surface area contributed by atoms with E-state index in [2.05, 4.69) is 0 Å². The van der Waals surface area contributed by atoms with E-state index in [0.29, 0.717) is 0 Å². The van der Waals surface area contributed by atoms with Gasteiger partial charge >= 0.3 is 5.97 Å². The zero-order valence-electron chi connectivity index (χ0n) is 11.3. The Morgan fingerprint density at radius 2 is 2.30 bits per heavy atom. The lowest BCUT2D eigenvalue weighted by atomic mass is 10.2. The third-order valence-corrected chi connectivity index (χ3v) is 0.603. The van der Waals surface area contributed by atoms with Crippen LogP contribution in [0.5, 0.6) is 0 Å². The van der Waals surface area contributed by atoms with Gasteiger partial charge in [-0.1, -0.05) is 6.53 Å². The quantitative estimate of drug-likeness (QED) is 0.418. The minimum absolute atomic E-state index is 0.844. The van der Waals surface area contributed by atoms with Crippen molar-refractivity contribution in [1.82, 2.24) is 0 Å². The number of hydrogen-bond donors (Lipinski definition) is 0. The summed E-state index contributed by atoms with van der Waals surface area (Å²) >= 11 is 0. The summed E-state index contributed by atoms with van der Waals surface area (Å²) in [5.41, 5.74) is -1.74. The molecule has 0 unspecified atom stereocenters. The molecule has 0 rings (SSSR count). The lowest BCUT2D eigenvalue weighted by molar-refractivity contribution is -0.149. The van der Waals surface area contributed by atoms with Crippen molar-refractivity contribution in [1.29, 1.82) is 0 Å². The molecule has 0 spiro atoms. The zero-order chi connectivity index (χ0) is 12.4. The third-order valence-electron chi connectivity index (χ3n) is 0.603.